The first-order valence-corrected chi connectivity index (χ1v) is 6.25. The van der Waals surface area contributed by atoms with Crippen molar-refractivity contribution in [2.45, 2.75) is 19.6 Å². The summed E-state index contributed by atoms with van der Waals surface area (Å²) in [7, 11) is 1.78. The van der Waals surface area contributed by atoms with Crippen LogP contribution in [0, 0.1) is 0 Å². The number of nitrogens with one attached hydrogen (secondary N) is 2. The van der Waals surface area contributed by atoms with E-state index < -0.39 is 0 Å². The molecule has 2 aromatic heterocycles. The third-order valence-corrected chi connectivity index (χ3v) is 3.12. The molecule has 100 valence electrons. The molecule has 0 spiro atoms. The number of imidazole rings is 1. The minimum atomic E-state index is -0.128. The van der Waals surface area contributed by atoms with Gasteiger partial charge >= 0.3 is 0 Å². The van der Waals surface area contributed by atoms with Crippen LogP contribution < -0.4 is 10.6 Å². The van der Waals surface area contributed by atoms with Crippen LogP contribution in [0.1, 0.15) is 21.9 Å². The first-order valence-electron chi connectivity index (χ1n) is 6.25. The Morgan fingerprint density at radius 1 is 1.53 bits per heavy atom. The highest BCUT2D eigenvalue weighted by atomic mass is 16.1. The van der Waals surface area contributed by atoms with Gasteiger partial charge in [-0.3, -0.25) is 9.48 Å². The Morgan fingerprint density at radius 3 is 3.16 bits per heavy atom. The molecule has 0 aromatic carbocycles. The van der Waals surface area contributed by atoms with Crippen LogP contribution in [0.3, 0.4) is 0 Å². The number of hydrogen-bond donors (Lipinski definition) is 2. The fourth-order valence-corrected chi connectivity index (χ4v) is 2.14. The van der Waals surface area contributed by atoms with Gasteiger partial charge in [-0.05, 0) is 0 Å². The number of aryl methyl sites for hydroxylation is 1. The monoisotopic (exact) mass is 260 g/mol. The number of carbonyl (C=O) groups is 1. The van der Waals surface area contributed by atoms with Crippen molar-refractivity contribution < 1.29 is 4.79 Å². The number of rotatable bonds is 3. The lowest BCUT2D eigenvalue weighted by molar-refractivity contribution is 0.0950. The molecule has 0 saturated heterocycles. The van der Waals surface area contributed by atoms with E-state index in [1.807, 2.05) is 6.20 Å². The Labute approximate surface area is 110 Å². The normalized spacial score (nSPS) is 14.2. The maximum Gasteiger partial charge on any atom is 0.254 e. The molecule has 3 rings (SSSR count). The molecule has 2 aromatic rings. The zero-order valence-corrected chi connectivity index (χ0v) is 10.8. The Bertz CT molecular complexity index is 576. The van der Waals surface area contributed by atoms with Crippen LogP contribution in [0.4, 0.5) is 0 Å². The predicted molar refractivity (Wildman–Crippen MR) is 68.3 cm³/mol. The quantitative estimate of drug-likeness (QED) is 0.791. The zero-order chi connectivity index (χ0) is 13.2. The lowest BCUT2D eigenvalue weighted by Gasteiger charge is -2.13. The number of aromatic nitrogens is 4. The number of nitrogens with zero attached hydrogens (tertiary/aromatic N) is 4. The molecule has 0 fully saturated rings. The summed E-state index contributed by atoms with van der Waals surface area (Å²) in [6, 6.07) is 0. The highest BCUT2D eigenvalue weighted by Crippen LogP contribution is 2.07. The van der Waals surface area contributed by atoms with Crippen molar-refractivity contribution in [2.24, 2.45) is 7.05 Å². The fourth-order valence-electron chi connectivity index (χ4n) is 2.14. The zero-order valence-electron chi connectivity index (χ0n) is 10.8. The van der Waals surface area contributed by atoms with E-state index in [1.165, 1.54) is 0 Å². The van der Waals surface area contributed by atoms with Crippen LogP contribution in [0.15, 0.2) is 18.6 Å². The molecule has 0 radical (unpaired) electrons. The van der Waals surface area contributed by atoms with Crippen LogP contribution in [0.2, 0.25) is 0 Å². The van der Waals surface area contributed by atoms with Crippen LogP contribution >= 0.6 is 0 Å². The van der Waals surface area contributed by atoms with Gasteiger partial charge in [-0.1, -0.05) is 0 Å². The van der Waals surface area contributed by atoms with Crippen molar-refractivity contribution >= 4 is 5.91 Å². The molecule has 2 N–H and O–H groups in total. The second-order valence-corrected chi connectivity index (χ2v) is 4.60. The Morgan fingerprint density at radius 2 is 2.42 bits per heavy atom. The lowest BCUT2D eigenvalue weighted by atomic mass is 10.3. The second kappa shape index (κ2) is 4.85. The van der Waals surface area contributed by atoms with E-state index in [4.69, 9.17) is 0 Å². The molecule has 3 heterocycles. The van der Waals surface area contributed by atoms with Gasteiger partial charge in [0, 0.05) is 32.5 Å². The Balaban J connectivity index is 1.63. The van der Waals surface area contributed by atoms with Crippen molar-refractivity contribution in [3.8, 4) is 0 Å². The van der Waals surface area contributed by atoms with E-state index in [9.17, 15) is 4.79 Å². The molecule has 0 bridgehead atoms. The van der Waals surface area contributed by atoms with Crippen molar-refractivity contribution in [2.75, 3.05) is 6.54 Å². The summed E-state index contributed by atoms with van der Waals surface area (Å²) in [5.74, 6) is 0.897. The number of hydrogen-bond acceptors (Lipinski definition) is 4. The van der Waals surface area contributed by atoms with Gasteiger partial charge in [0.2, 0.25) is 0 Å². The van der Waals surface area contributed by atoms with E-state index in [0.29, 0.717) is 12.1 Å². The average Bonchev–Trinajstić information content (AvgIpc) is 3.01. The summed E-state index contributed by atoms with van der Waals surface area (Å²) in [4.78, 5) is 16.3. The van der Waals surface area contributed by atoms with E-state index in [2.05, 4.69) is 25.3 Å². The van der Waals surface area contributed by atoms with Gasteiger partial charge in [0.25, 0.3) is 5.91 Å². The summed E-state index contributed by atoms with van der Waals surface area (Å²) in [6.45, 7) is 3.12. The predicted octanol–water partition coefficient (Wildman–Crippen LogP) is -0.350. The summed E-state index contributed by atoms with van der Waals surface area (Å²) in [5.41, 5.74) is 1.45. The lowest BCUT2D eigenvalue weighted by Crippen LogP contribution is -2.27. The molecule has 19 heavy (non-hydrogen) atoms. The maximum absolute atomic E-state index is 11.9. The van der Waals surface area contributed by atoms with Crippen LogP contribution in [0.25, 0.3) is 0 Å². The Kier molecular flexibility index (Phi) is 3.04. The third kappa shape index (κ3) is 2.50. The van der Waals surface area contributed by atoms with E-state index >= 15 is 0 Å². The largest absolute Gasteiger partial charge is 0.346 e. The molecule has 7 nitrogen and oxygen atoms in total. The van der Waals surface area contributed by atoms with E-state index in [0.717, 1.165) is 31.2 Å². The fraction of sp³-hybridized carbons (Fsp3) is 0.417. The van der Waals surface area contributed by atoms with Gasteiger partial charge in [0.05, 0.1) is 30.5 Å². The second-order valence-electron chi connectivity index (χ2n) is 4.60. The van der Waals surface area contributed by atoms with Gasteiger partial charge in [-0.2, -0.15) is 5.10 Å². The van der Waals surface area contributed by atoms with Crippen LogP contribution in [-0.2, 0) is 26.7 Å². The summed E-state index contributed by atoms with van der Waals surface area (Å²) < 4.78 is 3.73. The van der Waals surface area contributed by atoms with Crippen molar-refractivity contribution in [1.82, 2.24) is 30.0 Å². The van der Waals surface area contributed by atoms with Crippen molar-refractivity contribution in [1.29, 1.82) is 0 Å². The van der Waals surface area contributed by atoms with E-state index in [-0.39, 0.29) is 5.91 Å². The standard InChI is InChI=1S/C12H16N6O/c1-17-7-9(4-15-17)12(19)14-5-10-8-18-3-2-13-6-11(18)16-10/h4,7-8,13H,2-3,5-6H2,1H3,(H,14,19). The van der Waals surface area contributed by atoms with Gasteiger partial charge in [-0.25, -0.2) is 4.98 Å². The summed E-state index contributed by atoms with van der Waals surface area (Å²) in [5, 5.41) is 10.1. The van der Waals surface area contributed by atoms with Crippen molar-refractivity contribution in [3.63, 3.8) is 0 Å². The minimum Gasteiger partial charge on any atom is -0.346 e. The number of carbonyl (C=O) groups excluding carboxylic acids is 1. The molecular weight excluding hydrogens is 244 g/mol. The minimum absolute atomic E-state index is 0.128. The first-order chi connectivity index (χ1) is 9.22. The molecule has 1 aliphatic heterocycles. The number of fused-ring (bicyclic) bond motifs is 1. The van der Waals surface area contributed by atoms with Crippen molar-refractivity contribution in [3.05, 3.63) is 35.7 Å². The number of amides is 1. The third-order valence-electron chi connectivity index (χ3n) is 3.12. The molecule has 1 aliphatic rings. The topological polar surface area (TPSA) is 76.8 Å². The summed E-state index contributed by atoms with van der Waals surface area (Å²) >= 11 is 0. The van der Waals surface area contributed by atoms with E-state index in [1.54, 1.807) is 24.1 Å². The van der Waals surface area contributed by atoms with Gasteiger partial charge in [0.15, 0.2) is 0 Å². The molecule has 0 saturated carbocycles. The molecule has 0 unspecified atom stereocenters. The SMILES string of the molecule is Cn1cc(C(=O)NCc2cn3c(n2)CNCC3)cn1. The summed E-state index contributed by atoms with van der Waals surface area (Å²) in [6.07, 6.45) is 5.24. The van der Waals surface area contributed by atoms with Gasteiger partial charge in [0.1, 0.15) is 5.82 Å². The molecule has 7 heteroatoms. The highest BCUT2D eigenvalue weighted by Gasteiger charge is 2.13. The molecule has 1 amide bonds. The van der Waals surface area contributed by atoms with Gasteiger partial charge < -0.3 is 15.2 Å². The Hall–Kier alpha value is -2.15. The molecular formula is C12H16N6O. The maximum atomic E-state index is 11.9. The van der Waals surface area contributed by atoms with Gasteiger partial charge in [-0.15, -0.1) is 0 Å². The smallest absolute Gasteiger partial charge is 0.254 e. The first kappa shape index (κ1) is 11.9. The van der Waals surface area contributed by atoms with Crippen LogP contribution in [0.5, 0.6) is 0 Å². The molecule has 0 aliphatic carbocycles. The molecule has 0 atom stereocenters. The highest BCUT2D eigenvalue weighted by molar-refractivity contribution is 5.93. The van der Waals surface area contributed by atoms with Crippen LogP contribution in [-0.4, -0.2) is 31.8 Å². The average molecular weight is 260 g/mol.